The van der Waals surface area contributed by atoms with E-state index in [9.17, 15) is 14.4 Å². The maximum atomic E-state index is 12.5. The molecule has 0 amide bonds. The molecule has 0 saturated heterocycles. The molecule has 2 aromatic rings. The van der Waals surface area contributed by atoms with Crippen LogP contribution in [0.4, 0.5) is 5.82 Å². The van der Waals surface area contributed by atoms with Crippen LogP contribution < -0.4 is 16.6 Å². The van der Waals surface area contributed by atoms with Gasteiger partial charge in [-0.15, -0.1) is 0 Å². The number of anilines is 1. The fourth-order valence-corrected chi connectivity index (χ4v) is 2.94. The number of hydrogen-bond acceptors (Lipinski definition) is 5. The minimum atomic E-state index is -0.623. The molecule has 1 unspecified atom stereocenters. The second kappa shape index (κ2) is 6.19. The molecule has 24 heavy (non-hydrogen) atoms. The summed E-state index contributed by atoms with van der Waals surface area (Å²) in [6.45, 7) is 3.66. The van der Waals surface area contributed by atoms with Crippen LogP contribution in [0.2, 0.25) is 0 Å². The predicted molar refractivity (Wildman–Crippen MR) is 88.9 cm³/mol. The molecule has 0 spiro atoms. The number of allylic oxidation sites excluding steroid dienone is 1. The summed E-state index contributed by atoms with van der Waals surface area (Å²) < 4.78 is 5.16. The highest BCUT2D eigenvalue weighted by molar-refractivity contribution is 5.94. The summed E-state index contributed by atoms with van der Waals surface area (Å²) in [5.74, 6) is -0.821. The van der Waals surface area contributed by atoms with Crippen LogP contribution in [-0.4, -0.2) is 22.5 Å². The SMILES string of the molecule is CCOC(=O)C1=C(C)Nc2[nH]c(=O)[nH]c(=O)c2C1c1ccccc1. The molecule has 1 aromatic heterocycles. The maximum Gasteiger partial charge on any atom is 0.336 e. The minimum Gasteiger partial charge on any atom is -0.463 e. The highest BCUT2D eigenvalue weighted by atomic mass is 16.5. The number of rotatable bonds is 3. The standard InChI is InChI=1S/C17H17N3O4/c1-3-24-16(22)11-9(2)18-14-13(15(21)20-17(23)19-14)12(11)10-7-5-4-6-8-10/h4-8,12H,3H2,1-2H3,(H3,18,19,20,21,23). The Kier molecular flexibility index (Phi) is 4.07. The fourth-order valence-electron chi connectivity index (χ4n) is 2.94. The van der Waals surface area contributed by atoms with Crippen LogP contribution >= 0.6 is 0 Å². The molecule has 1 atom stereocenters. The van der Waals surface area contributed by atoms with Crippen molar-refractivity contribution in [2.24, 2.45) is 0 Å². The molecule has 7 heteroatoms. The van der Waals surface area contributed by atoms with Crippen molar-refractivity contribution in [1.29, 1.82) is 0 Å². The van der Waals surface area contributed by atoms with E-state index in [1.165, 1.54) is 0 Å². The Morgan fingerprint density at radius 2 is 1.88 bits per heavy atom. The van der Waals surface area contributed by atoms with Crippen molar-refractivity contribution in [2.75, 3.05) is 11.9 Å². The fraction of sp³-hybridized carbons (Fsp3) is 0.235. The van der Waals surface area contributed by atoms with E-state index < -0.39 is 23.1 Å². The lowest BCUT2D eigenvalue weighted by atomic mass is 9.82. The Morgan fingerprint density at radius 3 is 2.54 bits per heavy atom. The van der Waals surface area contributed by atoms with Crippen LogP contribution in [0.3, 0.4) is 0 Å². The molecular weight excluding hydrogens is 310 g/mol. The summed E-state index contributed by atoms with van der Waals surface area (Å²) in [7, 11) is 0. The summed E-state index contributed by atoms with van der Waals surface area (Å²) >= 11 is 0. The molecule has 0 saturated carbocycles. The number of aromatic nitrogens is 2. The van der Waals surface area contributed by atoms with Gasteiger partial charge in [0, 0.05) is 5.70 Å². The number of benzene rings is 1. The number of nitrogens with one attached hydrogen (secondary N) is 3. The first-order chi connectivity index (χ1) is 11.5. The number of hydrogen-bond donors (Lipinski definition) is 3. The lowest BCUT2D eigenvalue weighted by Gasteiger charge is -2.28. The van der Waals surface area contributed by atoms with E-state index >= 15 is 0 Å². The van der Waals surface area contributed by atoms with Crippen LogP contribution in [0.25, 0.3) is 0 Å². The van der Waals surface area contributed by atoms with Crippen LogP contribution in [0.5, 0.6) is 0 Å². The zero-order valence-corrected chi connectivity index (χ0v) is 13.3. The van der Waals surface area contributed by atoms with Crippen molar-refractivity contribution in [3.63, 3.8) is 0 Å². The highest BCUT2D eigenvalue weighted by Crippen LogP contribution is 2.38. The molecule has 7 nitrogen and oxygen atoms in total. The van der Waals surface area contributed by atoms with E-state index in [4.69, 9.17) is 4.74 Å². The van der Waals surface area contributed by atoms with Crippen molar-refractivity contribution in [3.05, 3.63) is 73.6 Å². The summed E-state index contributed by atoms with van der Waals surface area (Å²) in [6, 6.07) is 9.17. The van der Waals surface area contributed by atoms with Gasteiger partial charge in [0.05, 0.1) is 23.7 Å². The van der Waals surface area contributed by atoms with E-state index in [2.05, 4.69) is 15.3 Å². The third kappa shape index (κ3) is 2.64. The van der Waals surface area contributed by atoms with E-state index in [-0.39, 0.29) is 12.2 Å². The molecule has 1 aliphatic rings. The molecule has 1 aliphatic heterocycles. The van der Waals surface area contributed by atoms with Crippen molar-refractivity contribution in [3.8, 4) is 0 Å². The topological polar surface area (TPSA) is 104 Å². The lowest BCUT2D eigenvalue weighted by molar-refractivity contribution is -0.138. The van der Waals surface area contributed by atoms with E-state index in [0.717, 1.165) is 5.56 Å². The molecular formula is C17H17N3O4. The average Bonchev–Trinajstić information content (AvgIpc) is 2.54. The van der Waals surface area contributed by atoms with Gasteiger partial charge in [-0.3, -0.25) is 14.8 Å². The van der Waals surface area contributed by atoms with Crippen LogP contribution in [0, 0.1) is 0 Å². The normalized spacial score (nSPS) is 16.3. The lowest BCUT2D eigenvalue weighted by Crippen LogP contribution is -2.34. The average molecular weight is 327 g/mol. The largest absolute Gasteiger partial charge is 0.463 e. The van der Waals surface area contributed by atoms with E-state index in [1.807, 2.05) is 30.3 Å². The smallest absolute Gasteiger partial charge is 0.336 e. The Morgan fingerprint density at radius 1 is 1.17 bits per heavy atom. The number of esters is 1. The number of carbonyl (C=O) groups excluding carboxylic acids is 1. The van der Waals surface area contributed by atoms with Gasteiger partial charge in [0.15, 0.2) is 0 Å². The Hall–Kier alpha value is -3.09. The van der Waals surface area contributed by atoms with Crippen LogP contribution in [0.1, 0.15) is 30.9 Å². The molecule has 2 heterocycles. The van der Waals surface area contributed by atoms with E-state index in [1.54, 1.807) is 13.8 Å². The molecule has 3 N–H and O–H groups in total. The summed E-state index contributed by atoms with van der Waals surface area (Å²) in [6.07, 6.45) is 0. The quantitative estimate of drug-likeness (QED) is 0.740. The monoisotopic (exact) mass is 327 g/mol. The summed E-state index contributed by atoms with van der Waals surface area (Å²) in [4.78, 5) is 41.3. The Bertz CT molecular complexity index is 925. The molecule has 0 aliphatic carbocycles. The van der Waals surface area contributed by atoms with Gasteiger partial charge in [-0.2, -0.15) is 0 Å². The molecule has 1 aromatic carbocycles. The highest BCUT2D eigenvalue weighted by Gasteiger charge is 2.35. The van der Waals surface area contributed by atoms with Crippen molar-refractivity contribution in [1.82, 2.24) is 9.97 Å². The van der Waals surface area contributed by atoms with Crippen molar-refractivity contribution < 1.29 is 9.53 Å². The van der Waals surface area contributed by atoms with Gasteiger partial charge < -0.3 is 10.1 Å². The van der Waals surface area contributed by atoms with Gasteiger partial charge in [-0.1, -0.05) is 30.3 Å². The van der Waals surface area contributed by atoms with Crippen LogP contribution in [0.15, 0.2) is 51.2 Å². The van der Waals surface area contributed by atoms with Crippen molar-refractivity contribution >= 4 is 11.8 Å². The second-order valence-corrected chi connectivity index (χ2v) is 5.42. The summed E-state index contributed by atoms with van der Waals surface area (Å²) in [5, 5.41) is 2.93. The van der Waals surface area contributed by atoms with Gasteiger partial charge in [0.1, 0.15) is 5.82 Å². The first kappa shape index (κ1) is 15.8. The number of ether oxygens (including phenoxy) is 1. The molecule has 0 bridgehead atoms. The number of fused-ring (bicyclic) bond motifs is 1. The van der Waals surface area contributed by atoms with E-state index in [0.29, 0.717) is 17.1 Å². The molecule has 3 rings (SSSR count). The predicted octanol–water partition coefficient (Wildman–Crippen LogP) is 1.46. The Labute approximate surface area is 137 Å². The zero-order chi connectivity index (χ0) is 17.3. The number of carbonyl (C=O) groups is 1. The van der Waals surface area contributed by atoms with Gasteiger partial charge in [-0.25, -0.2) is 9.59 Å². The molecule has 0 radical (unpaired) electrons. The number of H-pyrrole nitrogens is 2. The second-order valence-electron chi connectivity index (χ2n) is 5.42. The Balaban J connectivity index is 2.28. The third-order valence-electron chi connectivity index (χ3n) is 3.90. The van der Waals surface area contributed by atoms with Crippen molar-refractivity contribution in [2.45, 2.75) is 19.8 Å². The molecule has 124 valence electrons. The summed E-state index contributed by atoms with van der Waals surface area (Å²) in [5.41, 5.74) is 0.800. The molecule has 0 fully saturated rings. The first-order valence-electron chi connectivity index (χ1n) is 7.59. The number of aromatic amines is 2. The van der Waals surface area contributed by atoms with Gasteiger partial charge >= 0.3 is 11.7 Å². The minimum absolute atomic E-state index is 0.228. The zero-order valence-electron chi connectivity index (χ0n) is 13.3. The third-order valence-corrected chi connectivity index (χ3v) is 3.90. The maximum absolute atomic E-state index is 12.5. The van der Waals surface area contributed by atoms with Crippen LogP contribution in [-0.2, 0) is 9.53 Å². The van der Waals surface area contributed by atoms with Gasteiger partial charge in [0.25, 0.3) is 5.56 Å². The van der Waals surface area contributed by atoms with Gasteiger partial charge in [0.2, 0.25) is 0 Å². The first-order valence-corrected chi connectivity index (χ1v) is 7.59. The van der Waals surface area contributed by atoms with Gasteiger partial charge in [-0.05, 0) is 19.4 Å².